The second-order valence-electron chi connectivity index (χ2n) is 2.95. The van der Waals surface area contributed by atoms with Crippen molar-refractivity contribution >= 4 is 36.3 Å². The lowest BCUT2D eigenvalue weighted by atomic mass is 10.2. The summed E-state index contributed by atoms with van der Waals surface area (Å²) in [6.07, 6.45) is 3.64. The van der Waals surface area contributed by atoms with Crippen LogP contribution in [0, 0.1) is 0 Å². The second-order valence-corrected chi connectivity index (χ2v) is 3.75. The summed E-state index contributed by atoms with van der Waals surface area (Å²) in [5.74, 6) is 0.0260. The van der Waals surface area contributed by atoms with Crippen LogP contribution in [-0.2, 0) is 4.79 Å². The third kappa shape index (κ3) is 4.16. The van der Waals surface area contributed by atoms with Gasteiger partial charge in [-0.3, -0.25) is 0 Å². The Morgan fingerprint density at radius 1 is 1.56 bits per heavy atom. The summed E-state index contributed by atoms with van der Waals surface area (Å²) in [7, 11) is 0. The Balaban J connectivity index is 2.89. The van der Waals surface area contributed by atoms with Crippen molar-refractivity contribution in [3.63, 3.8) is 0 Å². The van der Waals surface area contributed by atoms with E-state index in [1.165, 1.54) is 0 Å². The molecule has 0 aliphatic rings. The molecule has 0 saturated heterocycles. The highest BCUT2D eigenvalue weighted by Gasteiger charge is 2.04. The molecule has 0 amide bonds. The molecule has 0 atom stereocenters. The summed E-state index contributed by atoms with van der Waals surface area (Å²) >= 11 is 9.84. The van der Waals surface area contributed by atoms with Crippen LogP contribution < -0.4 is 4.74 Å². The summed E-state index contributed by atoms with van der Waals surface area (Å²) in [6, 6.07) is 5.06. The van der Waals surface area contributed by atoms with Crippen molar-refractivity contribution in [3.05, 3.63) is 34.9 Å². The van der Waals surface area contributed by atoms with E-state index >= 15 is 0 Å². The average Bonchev–Trinajstić information content (AvgIpc) is 2.25. The monoisotopic (exact) mass is 258 g/mol. The van der Waals surface area contributed by atoms with E-state index in [0.717, 1.165) is 5.56 Å². The van der Waals surface area contributed by atoms with E-state index in [9.17, 15) is 4.79 Å². The molecule has 0 aliphatic heterocycles. The summed E-state index contributed by atoms with van der Waals surface area (Å²) in [4.78, 5) is 10.4. The van der Waals surface area contributed by atoms with Crippen LogP contribution in [0.3, 0.4) is 0 Å². The minimum atomic E-state index is -1.02. The van der Waals surface area contributed by atoms with Crippen molar-refractivity contribution in [2.45, 2.75) is 0 Å². The van der Waals surface area contributed by atoms with Crippen molar-refractivity contribution in [3.8, 4) is 5.75 Å². The van der Waals surface area contributed by atoms with Crippen molar-refractivity contribution in [1.82, 2.24) is 0 Å². The molecule has 0 radical (unpaired) electrons. The predicted octanol–water partition coefficient (Wildman–Crippen LogP) is 2.75. The van der Waals surface area contributed by atoms with Crippen molar-refractivity contribution in [1.29, 1.82) is 0 Å². The van der Waals surface area contributed by atoms with Crippen molar-refractivity contribution in [2.75, 3.05) is 12.4 Å². The number of carboxylic acid groups (broad SMARTS) is 1. The molecule has 0 aromatic heterocycles. The largest absolute Gasteiger partial charge is 0.481 e. The molecule has 0 heterocycles. The number of hydrogen-bond acceptors (Lipinski definition) is 3. The van der Waals surface area contributed by atoms with Crippen LogP contribution in [0.25, 0.3) is 6.08 Å². The van der Waals surface area contributed by atoms with Gasteiger partial charge < -0.3 is 9.84 Å². The zero-order valence-electron chi connectivity index (χ0n) is 8.39. The number of thiol groups is 1. The molecule has 5 heteroatoms. The number of halogens is 1. The molecule has 0 aliphatic carbocycles. The fraction of sp³-hybridized carbons (Fsp3) is 0.182. The molecular formula is C11H11ClO3S. The third-order valence-corrected chi connectivity index (χ3v) is 2.18. The van der Waals surface area contributed by atoms with E-state index in [4.69, 9.17) is 21.4 Å². The van der Waals surface area contributed by atoms with Gasteiger partial charge in [0.1, 0.15) is 5.75 Å². The lowest BCUT2D eigenvalue weighted by molar-refractivity contribution is -0.139. The van der Waals surface area contributed by atoms with E-state index in [0.29, 0.717) is 16.5 Å². The van der Waals surface area contributed by atoms with Gasteiger partial charge in [-0.15, -0.1) is 0 Å². The fourth-order valence-electron chi connectivity index (χ4n) is 1.09. The van der Waals surface area contributed by atoms with E-state index < -0.39 is 5.97 Å². The van der Waals surface area contributed by atoms with Crippen LogP contribution in [0.1, 0.15) is 5.56 Å². The Hall–Kier alpha value is -1.13. The van der Waals surface area contributed by atoms with Crippen molar-refractivity contribution < 1.29 is 14.6 Å². The van der Waals surface area contributed by atoms with E-state index in [1.807, 2.05) is 6.08 Å². The van der Waals surface area contributed by atoms with E-state index in [2.05, 4.69) is 12.6 Å². The van der Waals surface area contributed by atoms with Crippen LogP contribution in [0.15, 0.2) is 24.3 Å². The molecule has 0 fully saturated rings. The number of carboxylic acids is 1. The first kappa shape index (κ1) is 12.9. The second kappa shape index (κ2) is 6.45. The number of rotatable bonds is 5. The number of benzene rings is 1. The van der Waals surface area contributed by atoms with Gasteiger partial charge in [-0.2, -0.15) is 12.6 Å². The molecule has 0 bridgehead atoms. The fourth-order valence-corrected chi connectivity index (χ4v) is 1.36. The minimum Gasteiger partial charge on any atom is -0.481 e. The summed E-state index contributed by atoms with van der Waals surface area (Å²) in [5, 5.41) is 9.03. The molecule has 3 nitrogen and oxygen atoms in total. The van der Waals surface area contributed by atoms with Gasteiger partial charge in [-0.05, 0) is 18.2 Å². The summed E-state index contributed by atoms with van der Waals surface area (Å²) in [5.41, 5.74) is 0.778. The van der Waals surface area contributed by atoms with Crippen LogP contribution in [0.2, 0.25) is 5.02 Å². The first-order valence-electron chi connectivity index (χ1n) is 4.55. The maximum absolute atomic E-state index is 10.4. The highest BCUT2D eigenvalue weighted by molar-refractivity contribution is 7.80. The lowest BCUT2D eigenvalue weighted by Gasteiger charge is -2.07. The van der Waals surface area contributed by atoms with Gasteiger partial charge >= 0.3 is 5.97 Å². The summed E-state index contributed by atoms with van der Waals surface area (Å²) in [6.45, 7) is -0.387. The van der Waals surface area contributed by atoms with Gasteiger partial charge in [0.05, 0.1) is 0 Å². The summed E-state index contributed by atoms with van der Waals surface area (Å²) < 4.78 is 5.12. The minimum absolute atomic E-state index is 0.387. The highest BCUT2D eigenvalue weighted by Crippen LogP contribution is 2.24. The zero-order valence-corrected chi connectivity index (χ0v) is 10.0. The van der Waals surface area contributed by atoms with Gasteiger partial charge in [-0.1, -0.05) is 23.8 Å². The highest BCUT2D eigenvalue weighted by atomic mass is 35.5. The predicted molar refractivity (Wildman–Crippen MR) is 67.5 cm³/mol. The number of carbonyl (C=O) groups is 1. The number of hydrogen-bond donors (Lipinski definition) is 2. The normalized spacial score (nSPS) is 10.6. The molecule has 1 N–H and O–H groups in total. The SMILES string of the molecule is O=C(O)COc1cc(Cl)ccc1C=CCS. The van der Waals surface area contributed by atoms with Crippen LogP contribution in [0.4, 0.5) is 0 Å². The Morgan fingerprint density at radius 3 is 2.94 bits per heavy atom. The molecule has 0 spiro atoms. The zero-order chi connectivity index (χ0) is 12.0. The Kier molecular flexibility index (Phi) is 5.22. The lowest BCUT2D eigenvalue weighted by Crippen LogP contribution is -2.10. The maximum Gasteiger partial charge on any atom is 0.341 e. The Bertz CT molecular complexity index is 404. The van der Waals surface area contributed by atoms with E-state index in [1.54, 1.807) is 24.3 Å². The molecule has 86 valence electrons. The average molecular weight is 259 g/mol. The van der Waals surface area contributed by atoms with Crippen LogP contribution in [0.5, 0.6) is 5.75 Å². The molecule has 0 unspecified atom stereocenters. The van der Waals surface area contributed by atoms with Gasteiger partial charge in [-0.25, -0.2) is 4.79 Å². The third-order valence-electron chi connectivity index (χ3n) is 1.73. The van der Waals surface area contributed by atoms with Gasteiger partial charge in [0.2, 0.25) is 0 Å². The quantitative estimate of drug-likeness (QED) is 0.799. The molecule has 1 aromatic carbocycles. The Labute approximate surface area is 104 Å². The Morgan fingerprint density at radius 2 is 2.31 bits per heavy atom. The van der Waals surface area contributed by atoms with Crippen LogP contribution >= 0.6 is 24.2 Å². The van der Waals surface area contributed by atoms with E-state index in [-0.39, 0.29) is 6.61 Å². The van der Waals surface area contributed by atoms with Crippen molar-refractivity contribution in [2.24, 2.45) is 0 Å². The topological polar surface area (TPSA) is 46.5 Å². The maximum atomic E-state index is 10.4. The van der Waals surface area contributed by atoms with Gasteiger partial charge in [0.25, 0.3) is 0 Å². The van der Waals surface area contributed by atoms with Gasteiger partial charge in [0.15, 0.2) is 6.61 Å². The number of aliphatic carboxylic acids is 1. The molecule has 1 aromatic rings. The first-order chi connectivity index (χ1) is 7.63. The van der Waals surface area contributed by atoms with Gasteiger partial charge in [0, 0.05) is 16.3 Å². The smallest absolute Gasteiger partial charge is 0.341 e. The molecular weight excluding hydrogens is 248 g/mol. The molecule has 16 heavy (non-hydrogen) atoms. The number of ether oxygens (including phenoxy) is 1. The van der Waals surface area contributed by atoms with Crippen LogP contribution in [-0.4, -0.2) is 23.4 Å². The first-order valence-corrected chi connectivity index (χ1v) is 5.56. The molecule has 0 saturated carbocycles. The molecule has 1 rings (SSSR count). The standard InChI is InChI=1S/C11H11ClO3S/c12-9-4-3-8(2-1-5-16)10(6-9)15-7-11(13)14/h1-4,6,16H,5,7H2,(H,13,14).